The van der Waals surface area contributed by atoms with E-state index in [2.05, 4.69) is 34.1 Å². The highest BCUT2D eigenvalue weighted by atomic mass is 32.1. The van der Waals surface area contributed by atoms with Crippen LogP contribution in [0.2, 0.25) is 0 Å². The Labute approximate surface area is 138 Å². The standard InChI is InChI=1S/C18H16N4S/c1-3-13-11-20-22(16-8-4-6-12(2)21-16)17(13)15-10-14-7-5-9-19-18(14)23-15/h4-11H,3H2,1-2H3. The molecule has 0 aliphatic rings. The van der Waals surface area contributed by atoms with Crippen molar-refractivity contribution >= 4 is 21.6 Å². The van der Waals surface area contributed by atoms with E-state index >= 15 is 0 Å². The lowest BCUT2D eigenvalue weighted by Crippen LogP contribution is -2.02. The van der Waals surface area contributed by atoms with Crippen LogP contribution < -0.4 is 0 Å². The molecule has 4 heterocycles. The summed E-state index contributed by atoms with van der Waals surface area (Å²) in [6, 6.07) is 12.3. The number of fused-ring (bicyclic) bond motifs is 1. The van der Waals surface area contributed by atoms with Crippen molar-refractivity contribution in [2.45, 2.75) is 20.3 Å². The van der Waals surface area contributed by atoms with Gasteiger partial charge < -0.3 is 0 Å². The van der Waals surface area contributed by atoms with Crippen LogP contribution in [0.1, 0.15) is 18.2 Å². The van der Waals surface area contributed by atoms with Gasteiger partial charge in [0.15, 0.2) is 5.82 Å². The van der Waals surface area contributed by atoms with Crippen LogP contribution in [0.4, 0.5) is 0 Å². The molecule has 4 nitrogen and oxygen atoms in total. The summed E-state index contributed by atoms with van der Waals surface area (Å²) in [6.45, 7) is 4.15. The zero-order valence-electron chi connectivity index (χ0n) is 13.0. The molecule has 4 aromatic heterocycles. The highest BCUT2D eigenvalue weighted by Gasteiger charge is 2.16. The molecule has 0 unspecified atom stereocenters. The van der Waals surface area contributed by atoms with Gasteiger partial charge in [-0.1, -0.05) is 19.1 Å². The summed E-state index contributed by atoms with van der Waals surface area (Å²) in [5.74, 6) is 0.852. The van der Waals surface area contributed by atoms with Crippen LogP contribution in [-0.4, -0.2) is 19.7 Å². The molecular formula is C18H16N4S. The fourth-order valence-corrected chi connectivity index (χ4v) is 3.78. The fraction of sp³-hybridized carbons (Fsp3) is 0.167. The van der Waals surface area contributed by atoms with E-state index in [9.17, 15) is 0 Å². The highest BCUT2D eigenvalue weighted by Crippen LogP contribution is 2.35. The first-order valence-electron chi connectivity index (χ1n) is 7.62. The summed E-state index contributed by atoms with van der Waals surface area (Å²) in [5, 5.41) is 5.75. The van der Waals surface area contributed by atoms with E-state index in [1.807, 2.05) is 48.3 Å². The lowest BCUT2D eigenvalue weighted by molar-refractivity contribution is 0.849. The molecule has 23 heavy (non-hydrogen) atoms. The first-order valence-corrected chi connectivity index (χ1v) is 8.44. The third-order valence-electron chi connectivity index (χ3n) is 3.84. The topological polar surface area (TPSA) is 43.6 Å². The van der Waals surface area contributed by atoms with Gasteiger partial charge in [-0.3, -0.25) is 0 Å². The Morgan fingerprint density at radius 1 is 1.17 bits per heavy atom. The van der Waals surface area contributed by atoms with Crippen molar-refractivity contribution in [1.82, 2.24) is 19.7 Å². The van der Waals surface area contributed by atoms with E-state index < -0.39 is 0 Å². The summed E-state index contributed by atoms with van der Waals surface area (Å²) < 4.78 is 1.94. The smallest absolute Gasteiger partial charge is 0.154 e. The molecule has 0 aliphatic heterocycles. The van der Waals surface area contributed by atoms with Gasteiger partial charge in [0.1, 0.15) is 4.83 Å². The molecule has 0 radical (unpaired) electrons. The number of hydrogen-bond acceptors (Lipinski definition) is 4. The van der Waals surface area contributed by atoms with Gasteiger partial charge in [-0.25, -0.2) is 14.6 Å². The molecule has 4 aromatic rings. The van der Waals surface area contributed by atoms with Crippen molar-refractivity contribution in [2.24, 2.45) is 0 Å². The number of aryl methyl sites for hydroxylation is 2. The van der Waals surface area contributed by atoms with Gasteiger partial charge in [0.2, 0.25) is 0 Å². The Morgan fingerprint density at radius 3 is 2.87 bits per heavy atom. The molecule has 0 fully saturated rings. The summed E-state index contributed by atoms with van der Waals surface area (Å²) in [7, 11) is 0. The number of rotatable bonds is 3. The van der Waals surface area contributed by atoms with Gasteiger partial charge in [-0.05, 0) is 43.2 Å². The monoisotopic (exact) mass is 320 g/mol. The van der Waals surface area contributed by atoms with E-state index in [1.165, 1.54) is 15.8 Å². The molecule has 0 atom stereocenters. The average molecular weight is 320 g/mol. The second-order valence-corrected chi connectivity index (χ2v) is 6.46. The number of nitrogens with zero attached hydrogens (tertiary/aromatic N) is 4. The van der Waals surface area contributed by atoms with Crippen LogP contribution in [0.5, 0.6) is 0 Å². The summed E-state index contributed by atoms with van der Waals surface area (Å²) in [4.78, 5) is 11.3. The predicted octanol–water partition coefficient (Wildman–Crippen LogP) is 4.41. The molecule has 4 rings (SSSR count). The largest absolute Gasteiger partial charge is 0.245 e. The minimum Gasteiger partial charge on any atom is -0.245 e. The highest BCUT2D eigenvalue weighted by molar-refractivity contribution is 7.21. The van der Waals surface area contributed by atoms with Crippen LogP contribution in [0.15, 0.2) is 48.8 Å². The van der Waals surface area contributed by atoms with Gasteiger partial charge in [0.05, 0.1) is 16.8 Å². The van der Waals surface area contributed by atoms with Gasteiger partial charge in [0, 0.05) is 17.3 Å². The van der Waals surface area contributed by atoms with Crippen molar-refractivity contribution < 1.29 is 0 Å². The van der Waals surface area contributed by atoms with Gasteiger partial charge in [-0.2, -0.15) is 5.10 Å². The molecular weight excluding hydrogens is 304 g/mol. The van der Waals surface area contributed by atoms with Crippen molar-refractivity contribution in [3.8, 4) is 16.4 Å². The van der Waals surface area contributed by atoms with Crippen LogP contribution in [0, 0.1) is 6.92 Å². The Hall–Kier alpha value is -2.53. The quantitative estimate of drug-likeness (QED) is 0.561. The second-order valence-electron chi connectivity index (χ2n) is 5.43. The Kier molecular flexibility index (Phi) is 3.42. The first-order chi connectivity index (χ1) is 11.3. The average Bonchev–Trinajstić information content (AvgIpc) is 3.18. The Morgan fingerprint density at radius 2 is 2.09 bits per heavy atom. The zero-order chi connectivity index (χ0) is 15.8. The molecule has 0 saturated heterocycles. The van der Waals surface area contributed by atoms with Crippen LogP contribution in [0.3, 0.4) is 0 Å². The zero-order valence-corrected chi connectivity index (χ0v) is 13.8. The second kappa shape index (κ2) is 5.59. The Balaban J connectivity index is 1.95. The predicted molar refractivity (Wildman–Crippen MR) is 94.1 cm³/mol. The number of aromatic nitrogens is 4. The van der Waals surface area contributed by atoms with Crippen molar-refractivity contribution in [1.29, 1.82) is 0 Å². The molecule has 0 amide bonds. The third-order valence-corrected chi connectivity index (χ3v) is 4.91. The lowest BCUT2D eigenvalue weighted by Gasteiger charge is -2.07. The van der Waals surface area contributed by atoms with Crippen molar-refractivity contribution in [2.75, 3.05) is 0 Å². The molecule has 114 valence electrons. The molecule has 0 saturated carbocycles. The maximum atomic E-state index is 4.62. The van der Waals surface area contributed by atoms with Crippen molar-refractivity contribution in [3.05, 3.63) is 60.0 Å². The number of thiophene rings is 1. The third kappa shape index (κ3) is 2.43. The van der Waals surface area contributed by atoms with Gasteiger partial charge in [0.25, 0.3) is 0 Å². The van der Waals surface area contributed by atoms with Crippen molar-refractivity contribution in [3.63, 3.8) is 0 Å². The SMILES string of the molecule is CCc1cnn(-c2cccc(C)n2)c1-c1cc2cccnc2s1. The van der Waals surface area contributed by atoms with E-state index in [4.69, 9.17) is 0 Å². The maximum absolute atomic E-state index is 4.62. The normalized spacial score (nSPS) is 11.2. The summed E-state index contributed by atoms with van der Waals surface area (Å²) in [5.41, 5.74) is 3.33. The minimum absolute atomic E-state index is 0.852. The number of pyridine rings is 2. The van der Waals surface area contributed by atoms with E-state index in [1.54, 1.807) is 11.3 Å². The van der Waals surface area contributed by atoms with Crippen LogP contribution in [-0.2, 0) is 6.42 Å². The number of hydrogen-bond donors (Lipinski definition) is 0. The molecule has 5 heteroatoms. The Bertz CT molecular complexity index is 951. The molecule has 0 N–H and O–H groups in total. The minimum atomic E-state index is 0.852. The van der Waals surface area contributed by atoms with E-state index in [0.717, 1.165) is 28.5 Å². The fourth-order valence-electron chi connectivity index (χ4n) is 2.71. The molecule has 0 spiro atoms. The molecule has 0 aromatic carbocycles. The maximum Gasteiger partial charge on any atom is 0.154 e. The molecule has 0 aliphatic carbocycles. The lowest BCUT2D eigenvalue weighted by atomic mass is 10.1. The van der Waals surface area contributed by atoms with E-state index in [0.29, 0.717) is 0 Å². The first kappa shape index (κ1) is 14.1. The van der Waals surface area contributed by atoms with Gasteiger partial charge in [-0.15, -0.1) is 11.3 Å². The summed E-state index contributed by atoms with van der Waals surface area (Å²) in [6.07, 6.45) is 4.71. The molecule has 0 bridgehead atoms. The van der Waals surface area contributed by atoms with Gasteiger partial charge >= 0.3 is 0 Å². The van der Waals surface area contributed by atoms with Crippen LogP contribution in [0.25, 0.3) is 26.6 Å². The summed E-state index contributed by atoms with van der Waals surface area (Å²) >= 11 is 1.70. The van der Waals surface area contributed by atoms with E-state index in [-0.39, 0.29) is 0 Å². The van der Waals surface area contributed by atoms with Crippen LogP contribution >= 0.6 is 11.3 Å².